The number of rotatable bonds is 6. The molecule has 7 nitrogen and oxygen atoms in total. The SMILES string of the molecule is CC[C@H](C(=O)Nc1ccc2c(c1)OCO2)N(c1ccc(F)cc1)S(C)(=O)=O. The fourth-order valence-electron chi connectivity index (χ4n) is 2.85. The van der Waals surface area contributed by atoms with Crippen molar-refractivity contribution >= 4 is 27.3 Å². The van der Waals surface area contributed by atoms with Gasteiger partial charge >= 0.3 is 0 Å². The second kappa shape index (κ2) is 7.43. The maximum Gasteiger partial charge on any atom is 0.248 e. The van der Waals surface area contributed by atoms with Crippen LogP contribution in [0.1, 0.15) is 13.3 Å². The first kappa shape index (κ1) is 19.0. The van der Waals surface area contributed by atoms with Crippen molar-refractivity contribution in [2.45, 2.75) is 19.4 Å². The van der Waals surface area contributed by atoms with Crippen LogP contribution < -0.4 is 19.1 Å². The number of carbonyl (C=O) groups excluding carboxylic acids is 1. The van der Waals surface area contributed by atoms with E-state index in [1.165, 1.54) is 12.1 Å². The molecule has 1 heterocycles. The zero-order valence-electron chi connectivity index (χ0n) is 14.8. The fraction of sp³-hybridized carbons (Fsp3) is 0.278. The molecule has 9 heteroatoms. The topological polar surface area (TPSA) is 84.9 Å². The van der Waals surface area contributed by atoms with Crippen molar-refractivity contribution in [3.63, 3.8) is 0 Å². The second-order valence-electron chi connectivity index (χ2n) is 6.02. The summed E-state index contributed by atoms with van der Waals surface area (Å²) >= 11 is 0. The fourth-order valence-corrected chi connectivity index (χ4v) is 4.06. The Kier molecular flexibility index (Phi) is 5.22. The molecule has 0 saturated heterocycles. The molecule has 1 aliphatic rings. The van der Waals surface area contributed by atoms with Crippen LogP contribution in [-0.2, 0) is 14.8 Å². The van der Waals surface area contributed by atoms with Gasteiger partial charge in [0.1, 0.15) is 11.9 Å². The van der Waals surface area contributed by atoms with Crippen molar-refractivity contribution in [2.24, 2.45) is 0 Å². The first-order valence-electron chi connectivity index (χ1n) is 8.25. The van der Waals surface area contributed by atoms with Gasteiger partial charge in [-0.25, -0.2) is 12.8 Å². The van der Waals surface area contributed by atoms with E-state index >= 15 is 0 Å². The van der Waals surface area contributed by atoms with Crippen LogP contribution in [0.4, 0.5) is 15.8 Å². The molecule has 1 atom stereocenters. The van der Waals surface area contributed by atoms with Crippen LogP contribution in [-0.4, -0.2) is 33.4 Å². The summed E-state index contributed by atoms with van der Waals surface area (Å²) in [7, 11) is -3.78. The van der Waals surface area contributed by atoms with Crippen LogP contribution in [0, 0.1) is 5.82 Å². The summed E-state index contributed by atoms with van der Waals surface area (Å²) in [5, 5.41) is 2.70. The summed E-state index contributed by atoms with van der Waals surface area (Å²) in [6, 6.07) is 8.85. The molecular formula is C18H19FN2O5S. The summed E-state index contributed by atoms with van der Waals surface area (Å²) in [5.74, 6) is 0.0691. The lowest BCUT2D eigenvalue weighted by atomic mass is 10.1. The summed E-state index contributed by atoms with van der Waals surface area (Å²) in [5.41, 5.74) is 0.668. The molecule has 2 aromatic rings. The number of sulfonamides is 1. The number of benzene rings is 2. The average molecular weight is 394 g/mol. The second-order valence-corrected chi connectivity index (χ2v) is 7.88. The number of nitrogens with zero attached hydrogens (tertiary/aromatic N) is 1. The molecule has 0 unspecified atom stereocenters. The zero-order chi connectivity index (χ0) is 19.6. The summed E-state index contributed by atoms with van der Waals surface area (Å²) in [4.78, 5) is 12.8. The van der Waals surface area contributed by atoms with Gasteiger partial charge < -0.3 is 14.8 Å². The Bertz CT molecular complexity index is 947. The molecule has 1 aliphatic heterocycles. The van der Waals surface area contributed by atoms with Crippen LogP contribution in [0.25, 0.3) is 0 Å². The molecule has 2 aromatic carbocycles. The van der Waals surface area contributed by atoms with Gasteiger partial charge in [0.25, 0.3) is 0 Å². The normalized spacial score (nSPS) is 13.9. The first-order valence-corrected chi connectivity index (χ1v) is 10.1. The van der Waals surface area contributed by atoms with Crippen LogP contribution in [0.5, 0.6) is 11.5 Å². The number of halogens is 1. The monoisotopic (exact) mass is 394 g/mol. The van der Waals surface area contributed by atoms with Gasteiger partial charge in [0.05, 0.1) is 11.9 Å². The summed E-state index contributed by atoms with van der Waals surface area (Å²) in [6.07, 6.45) is 1.23. The van der Waals surface area contributed by atoms with Gasteiger partial charge in [-0.05, 0) is 42.8 Å². The highest BCUT2D eigenvalue weighted by Crippen LogP contribution is 2.34. The Morgan fingerprint density at radius 2 is 1.85 bits per heavy atom. The molecule has 1 N–H and O–H groups in total. The summed E-state index contributed by atoms with van der Waals surface area (Å²) in [6.45, 7) is 1.81. The van der Waals surface area contributed by atoms with Crippen molar-refractivity contribution in [1.82, 2.24) is 0 Å². The number of ether oxygens (including phenoxy) is 2. The van der Waals surface area contributed by atoms with Gasteiger partial charge in [-0.15, -0.1) is 0 Å². The number of amides is 1. The lowest BCUT2D eigenvalue weighted by Crippen LogP contribution is -2.47. The van der Waals surface area contributed by atoms with Crippen molar-refractivity contribution in [3.05, 3.63) is 48.3 Å². The smallest absolute Gasteiger partial charge is 0.248 e. The Hall–Kier alpha value is -2.81. The molecule has 0 saturated carbocycles. The van der Waals surface area contributed by atoms with Crippen LogP contribution in [0.15, 0.2) is 42.5 Å². The van der Waals surface area contributed by atoms with Crippen molar-refractivity contribution in [1.29, 1.82) is 0 Å². The Labute approximate surface area is 156 Å². The third-order valence-electron chi connectivity index (χ3n) is 4.05. The molecule has 144 valence electrons. The zero-order valence-corrected chi connectivity index (χ0v) is 15.6. The van der Waals surface area contributed by atoms with E-state index in [4.69, 9.17) is 9.47 Å². The van der Waals surface area contributed by atoms with Crippen molar-refractivity contribution in [3.8, 4) is 11.5 Å². The maximum atomic E-state index is 13.2. The van der Waals surface area contributed by atoms with Gasteiger partial charge in [0, 0.05) is 11.8 Å². The van der Waals surface area contributed by atoms with E-state index in [1.54, 1.807) is 25.1 Å². The predicted octanol–water partition coefficient (Wildman–Crippen LogP) is 2.74. The number of fused-ring (bicyclic) bond motifs is 1. The van der Waals surface area contributed by atoms with E-state index in [9.17, 15) is 17.6 Å². The molecule has 0 bridgehead atoms. The highest BCUT2D eigenvalue weighted by molar-refractivity contribution is 7.92. The highest BCUT2D eigenvalue weighted by atomic mass is 32.2. The molecule has 0 aromatic heterocycles. The van der Waals surface area contributed by atoms with E-state index in [0.717, 1.165) is 22.7 Å². The highest BCUT2D eigenvalue weighted by Gasteiger charge is 2.31. The third kappa shape index (κ3) is 4.13. The van der Waals surface area contributed by atoms with Crippen molar-refractivity contribution in [2.75, 3.05) is 22.7 Å². The van der Waals surface area contributed by atoms with E-state index in [2.05, 4.69) is 5.32 Å². The standard InChI is InChI=1S/C18H19FN2O5S/c1-3-15(21(27(2,23)24)14-7-4-12(19)5-8-14)18(22)20-13-6-9-16-17(10-13)26-11-25-16/h4-10,15H,3,11H2,1-2H3,(H,20,22)/t15-/m1/s1. The quantitative estimate of drug-likeness (QED) is 0.814. The van der Waals surface area contributed by atoms with Crippen LogP contribution in [0.3, 0.4) is 0 Å². The van der Waals surface area contributed by atoms with E-state index in [0.29, 0.717) is 17.2 Å². The molecule has 0 fully saturated rings. The Morgan fingerprint density at radius 3 is 2.48 bits per heavy atom. The van der Waals surface area contributed by atoms with Crippen molar-refractivity contribution < 1.29 is 27.1 Å². The van der Waals surface area contributed by atoms with Gasteiger partial charge in [-0.1, -0.05) is 6.92 Å². The van der Waals surface area contributed by atoms with E-state index in [1.807, 2.05) is 0 Å². The largest absolute Gasteiger partial charge is 0.454 e. The van der Waals surface area contributed by atoms with Gasteiger partial charge in [0.15, 0.2) is 11.5 Å². The van der Waals surface area contributed by atoms with Crippen LogP contribution in [0.2, 0.25) is 0 Å². The van der Waals surface area contributed by atoms with Crippen LogP contribution >= 0.6 is 0 Å². The molecular weight excluding hydrogens is 375 g/mol. The molecule has 27 heavy (non-hydrogen) atoms. The van der Waals surface area contributed by atoms with Gasteiger partial charge in [0.2, 0.25) is 22.7 Å². The number of hydrogen-bond acceptors (Lipinski definition) is 5. The lowest BCUT2D eigenvalue weighted by Gasteiger charge is -2.30. The minimum Gasteiger partial charge on any atom is -0.454 e. The van der Waals surface area contributed by atoms with Gasteiger partial charge in [-0.2, -0.15) is 0 Å². The molecule has 3 rings (SSSR count). The predicted molar refractivity (Wildman–Crippen MR) is 99.0 cm³/mol. The number of anilines is 2. The number of carbonyl (C=O) groups is 1. The Morgan fingerprint density at radius 1 is 1.19 bits per heavy atom. The maximum absolute atomic E-state index is 13.2. The average Bonchev–Trinajstić information content (AvgIpc) is 3.07. The number of nitrogens with one attached hydrogen (secondary N) is 1. The van der Waals surface area contributed by atoms with E-state index < -0.39 is 27.8 Å². The Balaban J connectivity index is 1.88. The molecule has 0 radical (unpaired) electrons. The molecule has 1 amide bonds. The minimum absolute atomic E-state index is 0.108. The van der Waals surface area contributed by atoms with E-state index in [-0.39, 0.29) is 18.9 Å². The minimum atomic E-state index is -3.78. The summed E-state index contributed by atoms with van der Waals surface area (Å²) < 4.78 is 49.4. The molecule has 0 spiro atoms. The molecule has 0 aliphatic carbocycles. The third-order valence-corrected chi connectivity index (χ3v) is 5.23. The number of hydrogen-bond donors (Lipinski definition) is 1. The first-order chi connectivity index (χ1) is 12.8. The van der Waals surface area contributed by atoms with Gasteiger partial charge in [-0.3, -0.25) is 9.10 Å². The lowest BCUT2D eigenvalue weighted by molar-refractivity contribution is -0.117.